The van der Waals surface area contributed by atoms with Gasteiger partial charge in [0.15, 0.2) is 18.6 Å². The molecular formula is C16H13N3O4. The normalized spacial score (nSPS) is 10.5. The van der Waals surface area contributed by atoms with E-state index in [1.807, 2.05) is 13.0 Å². The number of aromatic nitrogens is 2. The molecule has 2 aromatic heterocycles. The number of para-hydroxylation sites is 1. The fourth-order valence-electron chi connectivity index (χ4n) is 2.04. The third-order valence-corrected chi connectivity index (χ3v) is 3.18. The fourth-order valence-corrected chi connectivity index (χ4v) is 2.04. The molecule has 1 amide bonds. The van der Waals surface area contributed by atoms with Crippen LogP contribution in [-0.2, 0) is 9.53 Å². The van der Waals surface area contributed by atoms with E-state index in [9.17, 15) is 9.59 Å². The number of amides is 1. The Bertz CT molecular complexity index is 872. The van der Waals surface area contributed by atoms with Gasteiger partial charge in [0, 0.05) is 6.20 Å². The van der Waals surface area contributed by atoms with E-state index < -0.39 is 18.5 Å². The molecule has 1 aromatic carbocycles. The van der Waals surface area contributed by atoms with E-state index in [2.05, 4.69) is 15.3 Å². The molecule has 0 radical (unpaired) electrons. The zero-order valence-electron chi connectivity index (χ0n) is 12.3. The van der Waals surface area contributed by atoms with Gasteiger partial charge >= 0.3 is 5.97 Å². The molecule has 23 heavy (non-hydrogen) atoms. The van der Waals surface area contributed by atoms with Gasteiger partial charge in [0.2, 0.25) is 0 Å². The lowest BCUT2D eigenvalue weighted by Gasteiger charge is -2.07. The van der Waals surface area contributed by atoms with Crippen molar-refractivity contribution in [3.8, 4) is 0 Å². The SMILES string of the molecule is Cc1cccnc1NC(=O)COC(=O)c1cccc2ocnc12. The molecule has 7 nitrogen and oxygen atoms in total. The van der Waals surface area contributed by atoms with Crippen molar-refractivity contribution in [2.24, 2.45) is 0 Å². The van der Waals surface area contributed by atoms with Crippen LogP contribution >= 0.6 is 0 Å². The van der Waals surface area contributed by atoms with Gasteiger partial charge in [-0.2, -0.15) is 0 Å². The minimum absolute atomic E-state index is 0.248. The van der Waals surface area contributed by atoms with Gasteiger partial charge in [-0.15, -0.1) is 0 Å². The molecule has 0 saturated carbocycles. The number of benzene rings is 1. The molecule has 3 rings (SSSR count). The monoisotopic (exact) mass is 311 g/mol. The number of hydrogen-bond acceptors (Lipinski definition) is 6. The highest BCUT2D eigenvalue weighted by atomic mass is 16.5. The van der Waals surface area contributed by atoms with Crippen LogP contribution in [-0.4, -0.2) is 28.5 Å². The molecule has 0 bridgehead atoms. The van der Waals surface area contributed by atoms with E-state index >= 15 is 0 Å². The summed E-state index contributed by atoms with van der Waals surface area (Å²) in [7, 11) is 0. The van der Waals surface area contributed by atoms with Crippen molar-refractivity contribution in [3.63, 3.8) is 0 Å². The van der Waals surface area contributed by atoms with Crippen molar-refractivity contribution < 1.29 is 18.7 Å². The van der Waals surface area contributed by atoms with Crippen LogP contribution in [0.1, 0.15) is 15.9 Å². The summed E-state index contributed by atoms with van der Waals surface area (Å²) in [6, 6.07) is 8.49. The maximum Gasteiger partial charge on any atom is 0.340 e. The number of pyridine rings is 1. The minimum atomic E-state index is -0.641. The molecule has 7 heteroatoms. The summed E-state index contributed by atoms with van der Waals surface area (Å²) in [6.45, 7) is 1.41. The predicted molar refractivity (Wildman–Crippen MR) is 81.9 cm³/mol. The molecule has 0 aliphatic carbocycles. The maximum absolute atomic E-state index is 12.1. The Kier molecular flexibility index (Phi) is 4.01. The first-order valence-corrected chi connectivity index (χ1v) is 6.86. The zero-order chi connectivity index (χ0) is 16.2. The molecule has 1 N–H and O–H groups in total. The number of nitrogens with one attached hydrogen (secondary N) is 1. The lowest BCUT2D eigenvalue weighted by Crippen LogP contribution is -2.22. The Morgan fingerprint density at radius 1 is 1.22 bits per heavy atom. The van der Waals surface area contributed by atoms with Crippen molar-refractivity contribution >= 4 is 28.8 Å². The summed E-state index contributed by atoms with van der Waals surface area (Å²) in [5, 5.41) is 2.59. The molecule has 0 saturated heterocycles. The Morgan fingerprint density at radius 3 is 2.91 bits per heavy atom. The van der Waals surface area contributed by atoms with Gasteiger partial charge in [0.05, 0.1) is 5.56 Å². The lowest BCUT2D eigenvalue weighted by atomic mass is 10.2. The van der Waals surface area contributed by atoms with E-state index in [1.165, 1.54) is 6.39 Å². The Hall–Kier alpha value is -3.22. The summed E-state index contributed by atoms with van der Waals surface area (Å²) in [5.41, 5.74) is 1.95. The van der Waals surface area contributed by atoms with Crippen LogP contribution < -0.4 is 5.32 Å². The van der Waals surface area contributed by atoms with Crippen molar-refractivity contribution in [3.05, 3.63) is 54.0 Å². The van der Waals surface area contributed by atoms with Crippen molar-refractivity contribution in [1.29, 1.82) is 0 Å². The summed E-state index contributed by atoms with van der Waals surface area (Å²) in [6.07, 6.45) is 2.82. The van der Waals surface area contributed by atoms with Gasteiger partial charge in [-0.05, 0) is 30.7 Å². The number of fused-ring (bicyclic) bond motifs is 1. The van der Waals surface area contributed by atoms with Crippen molar-refractivity contribution in [2.45, 2.75) is 6.92 Å². The second kappa shape index (κ2) is 6.27. The number of ether oxygens (including phenoxy) is 1. The Morgan fingerprint density at radius 2 is 2.09 bits per heavy atom. The second-order valence-electron chi connectivity index (χ2n) is 4.80. The van der Waals surface area contributed by atoms with Crippen molar-refractivity contribution in [2.75, 3.05) is 11.9 Å². The minimum Gasteiger partial charge on any atom is -0.452 e. The molecule has 2 heterocycles. The van der Waals surface area contributed by atoms with Crippen LogP contribution in [0, 0.1) is 6.92 Å². The van der Waals surface area contributed by atoms with Gasteiger partial charge in [-0.3, -0.25) is 4.79 Å². The summed E-state index contributed by atoms with van der Waals surface area (Å²) in [5.74, 6) is -0.669. The average Bonchev–Trinajstić information content (AvgIpc) is 3.03. The predicted octanol–water partition coefficient (Wildman–Crippen LogP) is 2.33. The molecule has 0 spiro atoms. The number of oxazole rings is 1. The molecule has 0 atom stereocenters. The van der Waals surface area contributed by atoms with E-state index in [-0.39, 0.29) is 5.56 Å². The van der Waals surface area contributed by atoms with Crippen LogP contribution in [0.5, 0.6) is 0 Å². The molecule has 0 unspecified atom stereocenters. The number of anilines is 1. The van der Waals surface area contributed by atoms with Crippen molar-refractivity contribution in [1.82, 2.24) is 9.97 Å². The van der Waals surface area contributed by atoms with Gasteiger partial charge in [0.1, 0.15) is 11.3 Å². The van der Waals surface area contributed by atoms with Crippen LogP contribution in [0.25, 0.3) is 11.1 Å². The van der Waals surface area contributed by atoms with Crippen LogP contribution in [0.4, 0.5) is 5.82 Å². The first-order valence-electron chi connectivity index (χ1n) is 6.86. The number of rotatable bonds is 4. The highest BCUT2D eigenvalue weighted by Crippen LogP contribution is 2.17. The van der Waals surface area contributed by atoms with E-state index in [4.69, 9.17) is 9.15 Å². The quantitative estimate of drug-likeness (QED) is 0.743. The standard InChI is InChI=1S/C16H13N3O4/c1-10-4-3-7-17-15(10)19-13(20)8-22-16(21)11-5-2-6-12-14(11)18-9-23-12/h2-7,9H,8H2,1H3,(H,17,19,20). The first-order chi connectivity index (χ1) is 11.1. The number of nitrogens with zero attached hydrogens (tertiary/aromatic N) is 2. The van der Waals surface area contributed by atoms with Crippen LogP contribution in [0.15, 0.2) is 47.3 Å². The molecule has 0 fully saturated rings. The highest BCUT2D eigenvalue weighted by molar-refractivity contribution is 6.02. The highest BCUT2D eigenvalue weighted by Gasteiger charge is 2.16. The summed E-state index contributed by atoms with van der Waals surface area (Å²) < 4.78 is 10.1. The first kappa shape index (κ1) is 14.7. The molecule has 0 aliphatic rings. The largest absolute Gasteiger partial charge is 0.452 e. The Balaban J connectivity index is 1.64. The number of esters is 1. The van der Waals surface area contributed by atoms with Gasteiger partial charge in [-0.25, -0.2) is 14.8 Å². The van der Waals surface area contributed by atoms with Gasteiger partial charge < -0.3 is 14.5 Å². The zero-order valence-corrected chi connectivity index (χ0v) is 12.3. The topological polar surface area (TPSA) is 94.3 Å². The van der Waals surface area contributed by atoms with Crippen LogP contribution in [0.3, 0.4) is 0 Å². The third kappa shape index (κ3) is 3.18. The third-order valence-electron chi connectivity index (χ3n) is 3.18. The molecule has 116 valence electrons. The Labute approximate surface area is 131 Å². The van der Waals surface area contributed by atoms with Gasteiger partial charge in [0.25, 0.3) is 5.91 Å². The number of carbonyl (C=O) groups excluding carboxylic acids is 2. The molecule has 0 aliphatic heterocycles. The molecular weight excluding hydrogens is 298 g/mol. The number of hydrogen-bond donors (Lipinski definition) is 1. The van der Waals surface area contributed by atoms with Gasteiger partial charge in [-0.1, -0.05) is 12.1 Å². The second-order valence-corrected chi connectivity index (χ2v) is 4.80. The van der Waals surface area contributed by atoms with Crippen LogP contribution in [0.2, 0.25) is 0 Å². The lowest BCUT2D eigenvalue weighted by molar-refractivity contribution is -0.119. The van der Waals surface area contributed by atoms with E-state index in [0.29, 0.717) is 16.9 Å². The number of carbonyl (C=O) groups is 2. The molecule has 3 aromatic rings. The average molecular weight is 311 g/mol. The summed E-state index contributed by atoms with van der Waals surface area (Å²) in [4.78, 5) is 31.9. The fraction of sp³-hybridized carbons (Fsp3) is 0.125. The smallest absolute Gasteiger partial charge is 0.340 e. The maximum atomic E-state index is 12.1. The number of aryl methyl sites for hydroxylation is 1. The van der Waals surface area contributed by atoms with E-state index in [0.717, 1.165) is 5.56 Å². The van der Waals surface area contributed by atoms with E-state index in [1.54, 1.807) is 30.5 Å². The summed E-state index contributed by atoms with van der Waals surface area (Å²) >= 11 is 0.